The van der Waals surface area contributed by atoms with E-state index in [0.717, 1.165) is 31.4 Å². The highest BCUT2D eigenvalue weighted by molar-refractivity contribution is 6.07. The van der Waals surface area contributed by atoms with Crippen LogP contribution in [-0.2, 0) is 0 Å². The summed E-state index contributed by atoms with van der Waals surface area (Å²) in [6.45, 7) is 0. The first-order chi connectivity index (χ1) is 15.4. The van der Waals surface area contributed by atoms with Crippen molar-refractivity contribution in [2.45, 2.75) is 31.7 Å². The van der Waals surface area contributed by atoms with Crippen LogP contribution in [0.25, 0.3) is 16.5 Å². The van der Waals surface area contributed by atoms with E-state index >= 15 is 0 Å². The van der Waals surface area contributed by atoms with E-state index < -0.39 is 0 Å². The van der Waals surface area contributed by atoms with Crippen molar-refractivity contribution in [3.05, 3.63) is 58.5 Å². The molecule has 1 N–H and O–H groups in total. The average molecular weight is 436 g/mol. The quantitative estimate of drug-likeness (QED) is 0.639. The number of hydrogen-bond donors (Lipinski definition) is 1. The third-order valence-corrected chi connectivity index (χ3v) is 6.08. The van der Waals surface area contributed by atoms with Crippen LogP contribution in [0.3, 0.4) is 0 Å². The first-order valence-electron chi connectivity index (χ1n) is 10.8. The average Bonchev–Trinajstić information content (AvgIpc) is 3.31. The Hall–Kier alpha value is -3.48. The van der Waals surface area contributed by atoms with E-state index in [-0.39, 0.29) is 17.5 Å². The fraction of sp³-hybridized carbons (Fsp3) is 0.360. The van der Waals surface area contributed by atoms with E-state index in [4.69, 9.17) is 9.47 Å². The van der Waals surface area contributed by atoms with Gasteiger partial charge in [-0.3, -0.25) is 14.2 Å². The number of benzene rings is 2. The van der Waals surface area contributed by atoms with Crippen LogP contribution in [0.2, 0.25) is 0 Å². The Morgan fingerprint density at radius 2 is 1.69 bits per heavy atom. The monoisotopic (exact) mass is 435 g/mol. The van der Waals surface area contributed by atoms with Crippen molar-refractivity contribution in [3.8, 4) is 17.2 Å². The highest BCUT2D eigenvalue weighted by atomic mass is 16.5. The number of carbonyl (C=O) groups is 1. The number of nitrogens with one attached hydrogen (secondary N) is 1. The number of carbonyl (C=O) groups excluding carboxylic acids is 1. The van der Waals surface area contributed by atoms with Crippen LogP contribution in [0.5, 0.6) is 11.5 Å². The topological polar surface area (TPSA) is 72.8 Å². The second-order valence-corrected chi connectivity index (χ2v) is 8.34. The highest BCUT2D eigenvalue weighted by Crippen LogP contribution is 2.33. The first-order valence-corrected chi connectivity index (χ1v) is 10.8. The molecule has 3 aromatic rings. The number of methoxy groups -OCH3 is 2. The lowest BCUT2D eigenvalue weighted by molar-refractivity contribution is 0.0939. The number of ether oxygens (including phenoxy) is 2. The molecule has 168 valence electrons. The number of rotatable bonds is 6. The number of nitrogens with zero attached hydrogens (tertiary/aromatic N) is 2. The summed E-state index contributed by atoms with van der Waals surface area (Å²) in [4.78, 5) is 28.8. The summed E-state index contributed by atoms with van der Waals surface area (Å²) in [6, 6.07) is 11.2. The second kappa shape index (κ2) is 8.94. The van der Waals surface area contributed by atoms with E-state index in [1.54, 1.807) is 18.3 Å². The largest absolute Gasteiger partial charge is 0.493 e. The molecule has 1 aliphatic carbocycles. The van der Waals surface area contributed by atoms with Crippen LogP contribution in [0.4, 0.5) is 5.69 Å². The molecule has 7 heteroatoms. The predicted molar refractivity (Wildman–Crippen MR) is 127 cm³/mol. The van der Waals surface area contributed by atoms with Crippen molar-refractivity contribution >= 4 is 22.4 Å². The van der Waals surface area contributed by atoms with Crippen LogP contribution >= 0.6 is 0 Å². The number of aromatic nitrogens is 1. The van der Waals surface area contributed by atoms with Gasteiger partial charge in [-0.1, -0.05) is 18.9 Å². The van der Waals surface area contributed by atoms with Gasteiger partial charge in [0, 0.05) is 37.4 Å². The summed E-state index contributed by atoms with van der Waals surface area (Å²) in [6.07, 6.45) is 5.83. The molecular formula is C25H29N3O4. The first kappa shape index (κ1) is 21.7. The zero-order valence-corrected chi connectivity index (χ0v) is 19.0. The van der Waals surface area contributed by atoms with Gasteiger partial charge in [-0.05, 0) is 43.2 Å². The fourth-order valence-electron chi connectivity index (χ4n) is 4.29. The van der Waals surface area contributed by atoms with Gasteiger partial charge in [0.15, 0.2) is 11.5 Å². The van der Waals surface area contributed by atoms with Crippen molar-refractivity contribution in [3.63, 3.8) is 0 Å². The molecule has 0 radical (unpaired) electrons. The van der Waals surface area contributed by atoms with Gasteiger partial charge in [0.2, 0.25) is 0 Å². The molecule has 1 aliphatic rings. The summed E-state index contributed by atoms with van der Waals surface area (Å²) >= 11 is 0. The maximum Gasteiger partial charge on any atom is 0.263 e. The summed E-state index contributed by atoms with van der Waals surface area (Å²) in [5, 5.41) is 4.09. The molecule has 1 saturated carbocycles. The number of pyridine rings is 1. The minimum atomic E-state index is -0.228. The van der Waals surface area contributed by atoms with Crippen molar-refractivity contribution < 1.29 is 14.3 Å². The summed E-state index contributed by atoms with van der Waals surface area (Å²) in [5.41, 5.74) is 1.85. The Kier molecular flexibility index (Phi) is 6.08. The van der Waals surface area contributed by atoms with E-state index in [2.05, 4.69) is 5.32 Å². The zero-order chi connectivity index (χ0) is 22.8. The lowest BCUT2D eigenvalue weighted by Gasteiger charge is -2.18. The van der Waals surface area contributed by atoms with Crippen LogP contribution < -0.4 is 25.2 Å². The summed E-state index contributed by atoms with van der Waals surface area (Å²) in [5.74, 6) is 0.729. The fourth-order valence-corrected chi connectivity index (χ4v) is 4.29. The Morgan fingerprint density at radius 1 is 1.03 bits per heavy atom. The molecule has 4 rings (SSSR count). The molecule has 7 nitrogen and oxygen atoms in total. The summed E-state index contributed by atoms with van der Waals surface area (Å²) in [7, 11) is 6.95. The van der Waals surface area contributed by atoms with Gasteiger partial charge in [-0.15, -0.1) is 0 Å². The predicted octanol–water partition coefficient (Wildman–Crippen LogP) is 3.75. The Balaban J connectivity index is 1.94. The molecule has 1 amide bonds. The van der Waals surface area contributed by atoms with Gasteiger partial charge in [0.25, 0.3) is 11.5 Å². The molecule has 32 heavy (non-hydrogen) atoms. The Bertz CT molecular complexity index is 1210. The van der Waals surface area contributed by atoms with E-state index in [1.807, 2.05) is 43.3 Å². The third kappa shape index (κ3) is 4.02. The maximum absolute atomic E-state index is 13.5. The maximum atomic E-state index is 13.5. The van der Waals surface area contributed by atoms with Gasteiger partial charge in [0.05, 0.1) is 30.9 Å². The molecule has 0 atom stereocenters. The molecule has 1 heterocycles. The zero-order valence-electron chi connectivity index (χ0n) is 19.0. The molecule has 1 aromatic heterocycles. The van der Waals surface area contributed by atoms with Crippen molar-refractivity contribution in [1.29, 1.82) is 0 Å². The molecule has 2 aromatic carbocycles. The normalized spacial score (nSPS) is 13.9. The standard InChI is InChI=1S/C25H29N3O4/c1-27(2)17-10-7-11-18(12-17)28-15-21(24(29)26-16-8-5-6-9-16)19-13-22(31-3)23(32-4)14-20(19)25(28)30/h7,10-16H,5-6,8-9H2,1-4H3,(H,26,29). The molecule has 0 saturated heterocycles. The van der Waals surface area contributed by atoms with Crippen molar-refractivity contribution in [1.82, 2.24) is 9.88 Å². The van der Waals surface area contributed by atoms with Gasteiger partial charge >= 0.3 is 0 Å². The van der Waals surface area contributed by atoms with Gasteiger partial charge < -0.3 is 19.7 Å². The van der Waals surface area contributed by atoms with E-state index in [1.165, 1.54) is 18.8 Å². The number of fused-ring (bicyclic) bond motifs is 1. The molecule has 0 aliphatic heterocycles. The van der Waals surface area contributed by atoms with Crippen LogP contribution in [0.1, 0.15) is 36.0 Å². The molecule has 0 spiro atoms. The molecule has 0 bridgehead atoms. The van der Waals surface area contributed by atoms with Crippen molar-refractivity contribution in [2.24, 2.45) is 0 Å². The van der Waals surface area contributed by atoms with Crippen LogP contribution in [0, 0.1) is 0 Å². The van der Waals surface area contributed by atoms with Gasteiger partial charge in [-0.2, -0.15) is 0 Å². The Morgan fingerprint density at radius 3 is 2.31 bits per heavy atom. The molecular weight excluding hydrogens is 406 g/mol. The van der Waals surface area contributed by atoms with E-state index in [9.17, 15) is 9.59 Å². The smallest absolute Gasteiger partial charge is 0.263 e. The highest BCUT2D eigenvalue weighted by Gasteiger charge is 2.22. The Labute approximate surface area is 187 Å². The van der Waals surface area contributed by atoms with Crippen molar-refractivity contribution in [2.75, 3.05) is 33.2 Å². The minimum Gasteiger partial charge on any atom is -0.493 e. The lowest BCUT2D eigenvalue weighted by atomic mass is 10.0. The number of amides is 1. The van der Waals surface area contributed by atoms with Crippen LogP contribution in [-0.4, -0.2) is 44.8 Å². The second-order valence-electron chi connectivity index (χ2n) is 8.34. The number of anilines is 1. The van der Waals surface area contributed by atoms with Gasteiger partial charge in [0.1, 0.15) is 0 Å². The molecule has 1 fully saturated rings. The van der Waals surface area contributed by atoms with Crippen LogP contribution in [0.15, 0.2) is 47.4 Å². The summed E-state index contributed by atoms with van der Waals surface area (Å²) < 4.78 is 12.4. The lowest BCUT2D eigenvalue weighted by Crippen LogP contribution is -2.34. The van der Waals surface area contributed by atoms with Gasteiger partial charge in [-0.25, -0.2) is 0 Å². The minimum absolute atomic E-state index is 0.162. The number of hydrogen-bond acceptors (Lipinski definition) is 5. The van der Waals surface area contributed by atoms with E-state index in [0.29, 0.717) is 33.5 Å². The third-order valence-electron chi connectivity index (χ3n) is 6.08. The molecule has 0 unspecified atom stereocenters. The SMILES string of the molecule is COc1cc2c(C(=O)NC3CCCC3)cn(-c3cccc(N(C)C)c3)c(=O)c2cc1OC.